The molecule has 0 bridgehead atoms. The third-order valence-electron chi connectivity index (χ3n) is 5.17. The van der Waals surface area contributed by atoms with Crippen LogP contribution in [0.25, 0.3) is 11.1 Å². The van der Waals surface area contributed by atoms with Crippen molar-refractivity contribution < 1.29 is 19.1 Å². The number of aromatic nitrogens is 2. The van der Waals surface area contributed by atoms with Crippen molar-refractivity contribution in [2.24, 2.45) is 5.92 Å². The molecule has 0 spiro atoms. The molecule has 0 fully saturated rings. The van der Waals surface area contributed by atoms with E-state index in [0.717, 1.165) is 22.4 Å². The van der Waals surface area contributed by atoms with Crippen LogP contribution in [0.15, 0.2) is 54.9 Å². The smallest absolute Gasteiger partial charge is 0.259 e. The SMILES string of the molecule is CN(C)C(=O)COc1cc(-c2cn[nH]c2)ccc1NC(=O)C1COc2ccccc2C1. The summed E-state index contributed by atoms with van der Waals surface area (Å²) in [6.07, 6.45) is 4.06. The number of aromatic amines is 1. The fraction of sp³-hybridized carbons (Fsp3) is 0.261. The number of hydrogen-bond donors (Lipinski definition) is 2. The van der Waals surface area contributed by atoms with Crippen LogP contribution in [0, 0.1) is 5.92 Å². The minimum Gasteiger partial charge on any atom is -0.492 e. The van der Waals surface area contributed by atoms with E-state index in [4.69, 9.17) is 9.47 Å². The monoisotopic (exact) mass is 420 g/mol. The van der Waals surface area contributed by atoms with Gasteiger partial charge in [0.2, 0.25) is 5.91 Å². The molecule has 1 aliphatic heterocycles. The number of fused-ring (bicyclic) bond motifs is 1. The van der Waals surface area contributed by atoms with E-state index in [1.165, 1.54) is 4.90 Å². The summed E-state index contributed by atoms with van der Waals surface area (Å²) in [6, 6.07) is 13.2. The highest BCUT2D eigenvalue weighted by Gasteiger charge is 2.26. The number of nitrogens with one attached hydrogen (secondary N) is 2. The molecule has 3 aromatic rings. The predicted molar refractivity (Wildman–Crippen MR) is 116 cm³/mol. The molecule has 1 aromatic heterocycles. The van der Waals surface area contributed by atoms with Gasteiger partial charge < -0.3 is 19.7 Å². The Morgan fingerprint density at radius 3 is 2.84 bits per heavy atom. The fourth-order valence-electron chi connectivity index (χ4n) is 3.33. The van der Waals surface area contributed by atoms with Crippen molar-refractivity contribution in [2.45, 2.75) is 6.42 Å². The molecule has 1 atom stereocenters. The highest BCUT2D eigenvalue weighted by Crippen LogP contribution is 2.32. The lowest BCUT2D eigenvalue weighted by atomic mass is 9.96. The van der Waals surface area contributed by atoms with Gasteiger partial charge in [-0.1, -0.05) is 24.3 Å². The first kappa shape index (κ1) is 20.5. The number of nitrogens with zero attached hydrogens (tertiary/aromatic N) is 2. The third-order valence-corrected chi connectivity index (χ3v) is 5.17. The minimum absolute atomic E-state index is 0.134. The number of benzene rings is 2. The topological polar surface area (TPSA) is 96.5 Å². The molecule has 8 heteroatoms. The Hall–Kier alpha value is -3.81. The standard InChI is InChI=1S/C23H24N4O4/c1-27(2)22(28)14-31-21-10-15(18-11-24-25-12-18)7-8-19(21)26-23(29)17-9-16-5-3-4-6-20(16)30-13-17/h3-8,10-12,17H,9,13-14H2,1-2H3,(H,24,25)(H,26,29). The molecule has 2 amide bonds. The Balaban J connectivity index is 1.53. The van der Waals surface area contributed by atoms with Gasteiger partial charge in [-0.05, 0) is 35.7 Å². The van der Waals surface area contributed by atoms with E-state index in [9.17, 15) is 9.59 Å². The number of likely N-dealkylation sites (N-methyl/N-ethyl adjacent to an activating group) is 1. The van der Waals surface area contributed by atoms with Crippen molar-refractivity contribution in [1.82, 2.24) is 15.1 Å². The first-order valence-electron chi connectivity index (χ1n) is 9.99. The quantitative estimate of drug-likeness (QED) is 0.639. The number of hydrogen-bond acceptors (Lipinski definition) is 5. The molecule has 160 valence electrons. The van der Waals surface area contributed by atoms with Gasteiger partial charge in [0.1, 0.15) is 18.1 Å². The van der Waals surface area contributed by atoms with Crippen LogP contribution in [-0.4, -0.2) is 54.2 Å². The summed E-state index contributed by atoms with van der Waals surface area (Å²) in [6.45, 7) is 0.176. The number of anilines is 1. The first-order valence-corrected chi connectivity index (χ1v) is 9.99. The van der Waals surface area contributed by atoms with E-state index in [-0.39, 0.29) is 24.3 Å². The van der Waals surface area contributed by atoms with E-state index >= 15 is 0 Å². The fourth-order valence-corrected chi connectivity index (χ4v) is 3.33. The molecule has 2 N–H and O–H groups in total. The lowest BCUT2D eigenvalue weighted by Gasteiger charge is -2.25. The van der Waals surface area contributed by atoms with E-state index in [0.29, 0.717) is 24.5 Å². The molecule has 0 saturated carbocycles. The number of amides is 2. The Kier molecular flexibility index (Phi) is 5.88. The highest BCUT2D eigenvalue weighted by atomic mass is 16.5. The predicted octanol–water partition coefficient (Wildman–Crippen LogP) is 2.73. The summed E-state index contributed by atoms with van der Waals surface area (Å²) in [5.74, 6) is 0.582. The molecule has 1 aliphatic rings. The van der Waals surface area contributed by atoms with Gasteiger partial charge in [-0.2, -0.15) is 5.10 Å². The van der Waals surface area contributed by atoms with Crippen LogP contribution in [-0.2, 0) is 16.0 Å². The molecular weight excluding hydrogens is 396 g/mol. The van der Waals surface area contributed by atoms with Crippen LogP contribution < -0.4 is 14.8 Å². The maximum atomic E-state index is 13.0. The summed E-state index contributed by atoms with van der Waals surface area (Å²) in [5.41, 5.74) is 3.24. The zero-order valence-electron chi connectivity index (χ0n) is 17.4. The van der Waals surface area contributed by atoms with Crippen molar-refractivity contribution in [2.75, 3.05) is 32.6 Å². The van der Waals surface area contributed by atoms with E-state index in [1.54, 1.807) is 38.6 Å². The van der Waals surface area contributed by atoms with Crippen LogP contribution in [0.1, 0.15) is 5.56 Å². The van der Waals surface area contributed by atoms with Crippen LogP contribution in [0.3, 0.4) is 0 Å². The number of carbonyl (C=O) groups is 2. The van der Waals surface area contributed by atoms with Crippen molar-refractivity contribution >= 4 is 17.5 Å². The number of carbonyl (C=O) groups excluding carboxylic acids is 2. The molecule has 31 heavy (non-hydrogen) atoms. The number of para-hydroxylation sites is 1. The van der Waals surface area contributed by atoms with Gasteiger partial charge in [0, 0.05) is 25.9 Å². The number of ether oxygens (including phenoxy) is 2. The summed E-state index contributed by atoms with van der Waals surface area (Å²) in [5, 5.41) is 9.69. The summed E-state index contributed by atoms with van der Waals surface area (Å²) in [4.78, 5) is 26.4. The van der Waals surface area contributed by atoms with E-state index in [2.05, 4.69) is 15.5 Å². The highest BCUT2D eigenvalue weighted by molar-refractivity contribution is 5.95. The molecule has 0 aliphatic carbocycles. The summed E-state index contributed by atoms with van der Waals surface area (Å²) < 4.78 is 11.5. The average molecular weight is 420 g/mol. The molecule has 0 radical (unpaired) electrons. The summed E-state index contributed by atoms with van der Waals surface area (Å²) >= 11 is 0. The van der Waals surface area contributed by atoms with E-state index < -0.39 is 0 Å². The van der Waals surface area contributed by atoms with E-state index in [1.807, 2.05) is 30.3 Å². The van der Waals surface area contributed by atoms with Crippen molar-refractivity contribution in [1.29, 1.82) is 0 Å². The number of rotatable bonds is 6. The van der Waals surface area contributed by atoms with Gasteiger partial charge >= 0.3 is 0 Å². The average Bonchev–Trinajstić information content (AvgIpc) is 3.32. The summed E-state index contributed by atoms with van der Waals surface area (Å²) in [7, 11) is 3.33. The Morgan fingerprint density at radius 1 is 1.23 bits per heavy atom. The molecular formula is C23H24N4O4. The lowest BCUT2D eigenvalue weighted by Crippen LogP contribution is -2.33. The number of H-pyrrole nitrogens is 1. The zero-order valence-corrected chi connectivity index (χ0v) is 17.4. The van der Waals surface area contributed by atoms with Crippen LogP contribution in [0.5, 0.6) is 11.5 Å². The third kappa shape index (κ3) is 4.69. The zero-order chi connectivity index (χ0) is 21.8. The molecule has 8 nitrogen and oxygen atoms in total. The van der Waals surface area contributed by atoms with Crippen LogP contribution >= 0.6 is 0 Å². The minimum atomic E-state index is -0.320. The van der Waals surface area contributed by atoms with Gasteiger partial charge in [-0.3, -0.25) is 14.7 Å². The largest absolute Gasteiger partial charge is 0.492 e. The van der Waals surface area contributed by atoms with Gasteiger partial charge in [-0.15, -0.1) is 0 Å². The molecule has 2 heterocycles. The molecule has 2 aromatic carbocycles. The van der Waals surface area contributed by atoms with Gasteiger partial charge in [0.15, 0.2) is 6.61 Å². The van der Waals surface area contributed by atoms with Gasteiger partial charge in [-0.25, -0.2) is 0 Å². The lowest BCUT2D eigenvalue weighted by molar-refractivity contribution is -0.130. The molecule has 4 rings (SSSR count). The second-order valence-corrected chi connectivity index (χ2v) is 7.58. The van der Waals surface area contributed by atoms with Crippen molar-refractivity contribution in [3.63, 3.8) is 0 Å². The van der Waals surface area contributed by atoms with Crippen LogP contribution in [0.2, 0.25) is 0 Å². The maximum absolute atomic E-state index is 13.0. The van der Waals surface area contributed by atoms with Gasteiger partial charge in [0.05, 0.1) is 17.8 Å². The van der Waals surface area contributed by atoms with Gasteiger partial charge in [0.25, 0.3) is 5.91 Å². The maximum Gasteiger partial charge on any atom is 0.259 e. The van der Waals surface area contributed by atoms with Crippen molar-refractivity contribution in [3.8, 4) is 22.6 Å². The Morgan fingerprint density at radius 2 is 2.06 bits per heavy atom. The van der Waals surface area contributed by atoms with Crippen LogP contribution in [0.4, 0.5) is 5.69 Å². The molecule has 1 unspecified atom stereocenters. The first-order chi connectivity index (χ1) is 15.0. The normalized spacial score (nSPS) is 14.8. The Bertz CT molecular complexity index is 1080. The molecule has 0 saturated heterocycles. The van der Waals surface area contributed by atoms with Crippen molar-refractivity contribution in [3.05, 3.63) is 60.4 Å². The second-order valence-electron chi connectivity index (χ2n) is 7.58. The Labute approximate surface area is 180 Å². The second kappa shape index (κ2) is 8.91.